The molecule has 1 aromatic heterocycles. The third-order valence-electron chi connectivity index (χ3n) is 5.88. The van der Waals surface area contributed by atoms with Crippen molar-refractivity contribution in [2.75, 3.05) is 37.2 Å². The largest absolute Gasteiger partial charge is 0.381 e. The number of aromatic nitrogens is 2. The third kappa shape index (κ3) is 5.00. The Labute approximate surface area is 183 Å². The molecule has 0 bridgehead atoms. The Morgan fingerprint density at radius 3 is 2.90 bits per heavy atom. The van der Waals surface area contributed by atoms with E-state index in [1.165, 1.54) is 18.4 Å². The summed E-state index contributed by atoms with van der Waals surface area (Å²) in [6.45, 7) is 4.74. The molecule has 0 amide bonds. The molecule has 1 aliphatic heterocycles. The monoisotopic (exact) mass is 442 g/mol. The van der Waals surface area contributed by atoms with E-state index in [1.807, 2.05) is 25.3 Å². The maximum atomic E-state index is 12.2. The van der Waals surface area contributed by atoms with Crippen molar-refractivity contribution in [1.82, 2.24) is 19.4 Å². The van der Waals surface area contributed by atoms with Gasteiger partial charge in [-0.05, 0) is 61.7 Å². The first-order valence-corrected chi connectivity index (χ1v) is 12.0. The molecule has 0 radical (unpaired) electrons. The van der Waals surface area contributed by atoms with Gasteiger partial charge in [-0.2, -0.15) is 17.8 Å². The molecule has 1 fully saturated rings. The summed E-state index contributed by atoms with van der Waals surface area (Å²) in [6, 6.07) is 12.4. The van der Waals surface area contributed by atoms with Crippen molar-refractivity contribution in [2.45, 2.75) is 32.4 Å². The summed E-state index contributed by atoms with van der Waals surface area (Å²) < 4.78 is 28.3. The van der Waals surface area contributed by atoms with Crippen LogP contribution in [0.4, 0.5) is 11.4 Å². The van der Waals surface area contributed by atoms with Gasteiger partial charge in [-0.15, -0.1) is 0 Å². The number of piperidine rings is 1. The van der Waals surface area contributed by atoms with Crippen LogP contribution in [-0.4, -0.2) is 61.0 Å². The smallest absolute Gasteiger partial charge is 0.301 e. The maximum absolute atomic E-state index is 12.2. The van der Waals surface area contributed by atoms with E-state index in [4.69, 9.17) is 0 Å². The zero-order valence-corrected chi connectivity index (χ0v) is 19.0. The Hall–Kier alpha value is -2.62. The highest BCUT2D eigenvalue weighted by Gasteiger charge is 2.21. The number of likely N-dealkylation sites (tertiary alicyclic amines) is 1. The molecule has 3 aromatic rings. The minimum Gasteiger partial charge on any atom is -0.381 e. The first-order chi connectivity index (χ1) is 14.8. The summed E-state index contributed by atoms with van der Waals surface area (Å²) in [6.07, 6.45) is 4.09. The van der Waals surface area contributed by atoms with Crippen molar-refractivity contribution < 1.29 is 8.42 Å². The number of aromatic amines is 1. The lowest BCUT2D eigenvalue weighted by atomic mass is 10.0. The van der Waals surface area contributed by atoms with Crippen LogP contribution in [0.15, 0.2) is 42.6 Å². The van der Waals surface area contributed by atoms with Gasteiger partial charge in [-0.3, -0.25) is 14.7 Å². The zero-order chi connectivity index (χ0) is 22.0. The van der Waals surface area contributed by atoms with Crippen molar-refractivity contribution in [3.8, 4) is 0 Å². The number of rotatable bonds is 7. The molecule has 1 saturated heterocycles. The van der Waals surface area contributed by atoms with Crippen LogP contribution in [0.5, 0.6) is 0 Å². The highest BCUT2D eigenvalue weighted by Crippen LogP contribution is 2.25. The van der Waals surface area contributed by atoms with Gasteiger partial charge in [0.1, 0.15) is 0 Å². The van der Waals surface area contributed by atoms with Crippen LogP contribution < -0.4 is 10.0 Å². The van der Waals surface area contributed by atoms with E-state index in [-0.39, 0.29) is 0 Å². The average Bonchev–Trinajstić information content (AvgIpc) is 3.19. The van der Waals surface area contributed by atoms with Crippen molar-refractivity contribution >= 4 is 32.5 Å². The van der Waals surface area contributed by atoms with Crippen LogP contribution in [0.1, 0.15) is 24.0 Å². The normalized spacial score (nSPS) is 17.9. The van der Waals surface area contributed by atoms with Crippen LogP contribution in [0.2, 0.25) is 0 Å². The minimum absolute atomic E-state index is 0.369. The second kappa shape index (κ2) is 8.86. The summed E-state index contributed by atoms with van der Waals surface area (Å²) in [5.41, 5.74) is 4.88. The van der Waals surface area contributed by atoms with E-state index in [0.29, 0.717) is 11.7 Å². The Kier molecular flexibility index (Phi) is 6.17. The molecule has 0 aliphatic carbocycles. The molecule has 2 aromatic carbocycles. The first-order valence-electron chi connectivity index (χ1n) is 10.5. The van der Waals surface area contributed by atoms with Crippen molar-refractivity contribution in [2.24, 2.45) is 0 Å². The van der Waals surface area contributed by atoms with Gasteiger partial charge in [0.25, 0.3) is 0 Å². The summed E-state index contributed by atoms with van der Waals surface area (Å²) in [5.74, 6) is 0. The number of H-pyrrole nitrogens is 1. The number of nitrogens with zero attached hydrogens (tertiary/aromatic N) is 3. The van der Waals surface area contributed by atoms with Crippen LogP contribution in [0, 0.1) is 6.92 Å². The van der Waals surface area contributed by atoms with Crippen LogP contribution in [0.25, 0.3) is 10.9 Å². The topological polar surface area (TPSA) is 93.4 Å². The van der Waals surface area contributed by atoms with E-state index in [2.05, 4.69) is 49.4 Å². The number of nitrogens with one attached hydrogen (secondary N) is 3. The lowest BCUT2D eigenvalue weighted by Gasteiger charge is -2.34. The van der Waals surface area contributed by atoms with Gasteiger partial charge in [0.05, 0.1) is 17.4 Å². The lowest BCUT2D eigenvalue weighted by molar-refractivity contribution is 0.208. The molecule has 1 atom stereocenters. The van der Waals surface area contributed by atoms with Crippen molar-refractivity contribution in [3.05, 3.63) is 53.7 Å². The van der Waals surface area contributed by atoms with Gasteiger partial charge in [-0.25, -0.2) is 0 Å². The summed E-state index contributed by atoms with van der Waals surface area (Å²) >= 11 is 0. The fourth-order valence-corrected chi connectivity index (χ4v) is 4.70. The van der Waals surface area contributed by atoms with Crippen molar-refractivity contribution in [1.29, 1.82) is 0 Å². The molecule has 31 heavy (non-hydrogen) atoms. The second-order valence-corrected chi connectivity index (χ2v) is 10.3. The number of fused-ring (bicyclic) bond motifs is 1. The molecule has 4 rings (SSSR count). The Morgan fingerprint density at radius 2 is 2.10 bits per heavy atom. The molecule has 0 saturated carbocycles. The van der Waals surface area contributed by atoms with Gasteiger partial charge in [0, 0.05) is 44.3 Å². The van der Waals surface area contributed by atoms with E-state index >= 15 is 0 Å². The van der Waals surface area contributed by atoms with Gasteiger partial charge in [0.15, 0.2) is 0 Å². The van der Waals surface area contributed by atoms with E-state index in [0.717, 1.165) is 60.2 Å². The Morgan fingerprint density at radius 1 is 1.26 bits per heavy atom. The predicted molar refractivity (Wildman–Crippen MR) is 125 cm³/mol. The Balaban J connectivity index is 1.42. The van der Waals surface area contributed by atoms with E-state index < -0.39 is 10.2 Å². The molecule has 3 N–H and O–H groups in total. The number of hydrogen-bond donors (Lipinski definition) is 3. The van der Waals surface area contributed by atoms with Gasteiger partial charge in [0.2, 0.25) is 0 Å². The van der Waals surface area contributed by atoms with Gasteiger partial charge in [-0.1, -0.05) is 12.1 Å². The molecule has 2 heterocycles. The highest BCUT2D eigenvalue weighted by molar-refractivity contribution is 7.90. The lowest BCUT2D eigenvalue weighted by Crippen LogP contribution is -2.41. The number of hydrogen-bond acceptors (Lipinski definition) is 5. The van der Waals surface area contributed by atoms with Gasteiger partial charge < -0.3 is 5.32 Å². The van der Waals surface area contributed by atoms with Gasteiger partial charge >= 0.3 is 10.2 Å². The molecular formula is C22H30N6O2S. The molecule has 166 valence electrons. The molecule has 1 unspecified atom stereocenters. The van der Waals surface area contributed by atoms with E-state index in [1.54, 1.807) is 0 Å². The summed E-state index contributed by atoms with van der Waals surface area (Å²) in [5, 5.41) is 11.8. The SMILES string of the molecule is Cc1c(CN2CCCC(Nc3ccc4[nH]ncc4c3)C2)cccc1NS(=O)(=O)N(C)C. The molecule has 9 heteroatoms. The molecule has 1 aliphatic rings. The quantitative estimate of drug-likeness (QED) is 0.523. The molecule has 0 spiro atoms. The second-order valence-electron chi connectivity index (χ2n) is 8.37. The summed E-state index contributed by atoms with van der Waals surface area (Å²) in [4.78, 5) is 2.43. The highest BCUT2D eigenvalue weighted by atomic mass is 32.2. The maximum Gasteiger partial charge on any atom is 0.301 e. The zero-order valence-electron chi connectivity index (χ0n) is 18.2. The van der Waals surface area contributed by atoms with Crippen LogP contribution >= 0.6 is 0 Å². The standard InChI is InChI=1S/C22H30N6O2S/c1-16-17(6-4-8-21(16)26-31(29,30)27(2)3)14-28-11-5-7-20(15-28)24-19-9-10-22-18(12-19)13-23-25-22/h4,6,8-10,12-13,20,24,26H,5,7,11,14-15H2,1-3H3,(H,23,25). The fraction of sp³-hybridized carbons (Fsp3) is 0.409. The van der Waals surface area contributed by atoms with Crippen LogP contribution in [0.3, 0.4) is 0 Å². The van der Waals surface area contributed by atoms with E-state index in [9.17, 15) is 8.42 Å². The average molecular weight is 443 g/mol. The minimum atomic E-state index is -3.53. The first kappa shape index (κ1) is 21.6. The van der Waals surface area contributed by atoms with Crippen molar-refractivity contribution in [3.63, 3.8) is 0 Å². The number of benzene rings is 2. The number of anilines is 2. The van der Waals surface area contributed by atoms with Crippen LogP contribution in [-0.2, 0) is 16.8 Å². The molecule has 8 nitrogen and oxygen atoms in total. The molecular weight excluding hydrogens is 412 g/mol. The predicted octanol–water partition coefficient (Wildman–Crippen LogP) is 3.17. The fourth-order valence-electron chi connectivity index (χ4n) is 4.02. The summed E-state index contributed by atoms with van der Waals surface area (Å²) in [7, 11) is -0.484. The third-order valence-corrected chi connectivity index (χ3v) is 7.32. The Bertz CT molecular complexity index is 1160.